The van der Waals surface area contributed by atoms with Gasteiger partial charge < -0.3 is 15.0 Å². The van der Waals surface area contributed by atoms with Crippen molar-refractivity contribution in [3.8, 4) is 5.75 Å². The Hall–Kier alpha value is -4.15. The van der Waals surface area contributed by atoms with E-state index in [4.69, 9.17) is 4.74 Å². The van der Waals surface area contributed by atoms with E-state index in [1.54, 1.807) is 36.4 Å². The van der Waals surface area contributed by atoms with Gasteiger partial charge in [0, 0.05) is 24.0 Å². The highest BCUT2D eigenvalue weighted by Crippen LogP contribution is 2.33. The number of nitrogens with zero attached hydrogens (tertiary/aromatic N) is 2. The van der Waals surface area contributed by atoms with Crippen molar-refractivity contribution in [2.75, 3.05) is 24.5 Å². The number of hydrogen-bond donors (Lipinski definition) is 1. The van der Waals surface area contributed by atoms with Gasteiger partial charge in [0.2, 0.25) is 11.8 Å². The van der Waals surface area contributed by atoms with Crippen LogP contribution in [0, 0.1) is 6.92 Å². The number of anilines is 1. The lowest BCUT2D eigenvalue weighted by Crippen LogP contribution is -2.53. The van der Waals surface area contributed by atoms with Gasteiger partial charge in [-0.2, -0.15) is 0 Å². The van der Waals surface area contributed by atoms with Crippen LogP contribution < -0.4 is 14.4 Å². The molecule has 4 rings (SSSR count). The van der Waals surface area contributed by atoms with Crippen LogP contribution in [-0.2, 0) is 32.6 Å². The molecule has 0 radical (unpaired) electrons. The summed E-state index contributed by atoms with van der Waals surface area (Å²) in [5, 5.41) is 2.96. The van der Waals surface area contributed by atoms with Gasteiger partial charge in [0.15, 0.2) is 0 Å². The maximum absolute atomic E-state index is 14.5. The molecule has 1 N–H and O–H groups in total. The molecular weight excluding hydrogens is 654 g/mol. The summed E-state index contributed by atoms with van der Waals surface area (Å²) in [5.74, 6) is -0.551. The van der Waals surface area contributed by atoms with Crippen LogP contribution in [0.25, 0.3) is 0 Å². The van der Waals surface area contributed by atoms with Crippen LogP contribution in [0.4, 0.5) is 5.69 Å². The fourth-order valence-electron chi connectivity index (χ4n) is 4.89. The summed E-state index contributed by atoms with van der Waals surface area (Å²) in [5.41, 5.74) is 2.78. The Balaban J connectivity index is 1.82. The van der Waals surface area contributed by atoms with E-state index < -0.39 is 28.5 Å². The number of para-hydroxylation sites is 2. The zero-order valence-electron chi connectivity index (χ0n) is 25.6. The molecule has 0 spiro atoms. The molecule has 45 heavy (non-hydrogen) atoms. The maximum atomic E-state index is 14.5. The van der Waals surface area contributed by atoms with Crippen molar-refractivity contribution in [3.05, 3.63) is 124 Å². The lowest BCUT2D eigenvalue weighted by atomic mass is 10.0. The number of methoxy groups -OCH3 is 1. The summed E-state index contributed by atoms with van der Waals surface area (Å²) in [6.45, 7) is 3.80. The molecule has 0 bridgehead atoms. The Kier molecular flexibility index (Phi) is 11.8. The number of carbonyl (C=O) groups is 2. The highest BCUT2D eigenvalue weighted by Gasteiger charge is 2.35. The van der Waals surface area contributed by atoms with Gasteiger partial charge in [-0.3, -0.25) is 13.9 Å². The van der Waals surface area contributed by atoms with Crippen molar-refractivity contribution in [1.82, 2.24) is 10.2 Å². The van der Waals surface area contributed by atoms with E-state index in [-0.39, 0.29) is 29.5 Å². The topological polar surface area (TPSA) is 96.0 Å². The molecule has 1 unspecified atom stereocenters. The van der Waals surface area contributed by atoms with Gasteiger partial charge in [0.05, 0.1) is 17.7 Å². The fraction of sp³-hybridized carbons (Fsp3) is 0.257. The number of rotatable bonds is 14. The quantitative estimate of drug-likeness (QED) is 0.172. The molecule has 0 heterocycles. The molecule has 0 saturated carbocycles. The zero-order chi connectivity index (χ0) is 32.4. The molecule has 0 aliphatic heterocycles. The van der Waals surface area contributed by atoms with Gasteiger partial charge in [-0.15, -0.1) is 0 Å². The number of ether oxygens (including phenoxy) is 1. The fourth-order valence-corrected chi connectivity index (χ4v) is 6.58. The van der Waals surface area contributed by atoms with E-state index >= 15 is 0 Å². The minimum atomic E-state index is -4.23. The van der Waals surface area contributed by atoms with Crippen molar-refractivity contribution in [2.24, 2.45) is 0 Å². The Morgan fingerprint density at radius 1 is 0.867 bits per heavy atom. The third-order valence-electron chi connectivity index (χ3n) is 7.33. The Bertz CT molecular complexity index is 1680. The molecule has 0 saturated heterocycles. The van der Waals surface area contributed by atoms with Crippen LogP contribution in [0.3, 0.4) is 0 Å². The van der Waals surface area contributed by atoms with Crippen LogP contribution in [0.1, 0.15) is 30.0 Å². The molecule has 236 valence electrons. The first kappa shape index (κ1) is 33.7. The molecule has 0 aliphatic rings. The summed E-state index contributed by atoms with van der Waals surface area (Å²) in [4.78, 5) is 29.8. The van der Waals surface area contributed by atoms with Gasteiger partial charge in [0.1, 0.15) is 18.3 Å². The molecule has 0 aromatic heterocycles. The van der Waals surface area contributed by atoms with E-state index in [0.717, 1.165) is 31.9 Å². The molecule has 4 aromatic rings. The molecule has 1 atom stereocenters. The number of sulfonamides is 1. The predicted molar refractivity (Wildman–Crippen MR) is 181 cm³/mol. The average molecular weight is 693 g/mol. The van der Waals surface area contributed by atoms with Crippen molar-refractivity contribution < 1.29 is 22.7 Å². The standard InChI is InChI=1S/C35H38BrN3O5S/c1-4-22-37-35(41)32(23-27-10-6-5-7-11-27)38(24-28-16-18-29(36)19-17-28)34(40)25-39(31-12-8-9-13-33(31)44-3)45(42,43)30-20-14-26(2)15-21-30/h5-21,32H,4,22-25H2,1-3H3,(H,37,41). The van der Waals surface area contributed by atoms with E-state index in [1.165, 1.54) is 24.1 Å². The molecule has 10 heteroatoms. The number of carbonyl (C=O) groups excluding carboxylic acids is 2. The lowest BCUT2D eigenvalue weighted by molar-refractivity contribution is -0.140. The first-order valence-electron chi connectivity index (χ1n) is 14.7. The van der Waals surface area contributed by atoms with E-state index in [0.29, 0.717) is 12.3 Å². The number of amides is 2. The van der Waals surface area contributed by atoms with Crippen LogP contribution >= 0.6 is 15.9 Å². The average Bonchev–Trinajstić information content (AvgIpc) is 3.05. The van der Waals surface area contributed by atoms with Crippen LogP contribution in [0.5, 0.6) is 5.75 Å². The number of nitrogens with one attached hydrogen (secondary N) is 1. The van der Waals surface area contributed by atoms with Crippen LogP contribution in [0.15, 0.2) is 112 Å². The van der Waals surface area contributed by atoms with Crippen molar-refractivity contribution in [2.45, 2.75) is 44.2 Å². The second kappa shape index (κ2) is 15.7. The Morgan fingerprint density at radius 2 is 1.51 bits per heavy atom. The number of hydrogen-bond acceptors (Lipinski definition) is 5. The molecule has 2 amide bonds. The Labute approximate surface area is 274 Å². The van der Waals surface area contributed by atoms with Crippen LogP contribution in [0.2, 0.25) is 0 Å². The van der Waals surface area contributed by atoms with Crippen molar-refractivity contribution in [3.63, 3.8) is 0 Å². The third kappa shape index (κ3) is 8.73. The second-order valence-corrected chi connectivity index (χ2v) is 13.4. The molecule has 0 fully saturated rings. The first-order chi connectivity index (χ1) is 21.6. The lowest BCUT2D eigenvalue weighted by Gasteiger charge is -2.34. The largest absolute Gasteiger partial charge is 0.495 e. The van der Waals surface area contributed by atoms with E-state index in [2.05, 4.69) is 21.2 Å². The smallest absolute Gasteiger partial charge is 0.264 e. The summed E-state index contributed by atoms with van der Waals surface area (Å²) < 4.78 is 35.9. The monoisotopic (exact) mass is 691 g/mol. The number of halogens is 1. The van der Waals surface area contributed by atoms with E-state index in [9.17, 15) is 18.0 Å². The Morgan fingerprint density at radius 3 is 2.16 bits per heavy atom. The zero-order valence-corrected chi connectivity index (χ0v) is 28.1. The number of aryl methyl sites for hydroxylation is 1. The summed E-state index contributed by atoms with van der Waals surface area (Å²) in [7, 11) is -2.78. The molecule has 0 aliphatic carbocycles. The third-order valence-corrected chi connectivity index (χ3v) is 9.63. The molecule has 8 nitrogen and oxygen atoms in total. The summed E-state index contributed by atoms with van der Waals surface area (Å²) >= 11 is 3.46. The maximum Gasteiger partial charge on any atom is 0.264 e. The van der Waals surface area contributed by atoms with Gasteiger partial charge in [-0.25, -0.2) is 8.42 Å². The van der Waals surface area contributed by atoms with Gasteiger partial charge in [0.25, 0.3) is 10.0 Å². The van der Waals surface area contributed by atoms with Gasteiger partial charge in [-0.05, 0) is 60.9 Å². The van der Waals surface area contributed by atoms with Gasteiger partial charge >= 0.3 is 0 Å². The number of benzene rings is 4. The highest BCUT2D eigenvalue weighted by atomic mass is 79.9. The van der Waals surface area contributed by atoms with Crippen molar-refractivity contribution in [1.29, 1.82) is 0 Å². The minimum absolute atomic E-state index is 0.0350. The van der Waals surface area contributed by atoms with Gasteiger partial charge in [-0.1, -0.05) is 95.1 Å². The molecule has 4 aromatic carbocycles. The van der Waals surface area contributed by atoms with Crippen LogP contribution in [-0.4, -0.2) is 51.4 Å². The summed E-state index contributed by atoms with van der Waals surface area (Å²) in [6.07, 6.45) is 0.971. The minimum Gasteiger partial charge on any atom is -0.495 e. The first-order valence-corrected chi connectivity index (χ1v) is 16.9. The second-order valence-electron chi connectivity index (χ2n) is 10.6. The molecular formula is C35H38BrN3O5S. The summed E-state index contributed by atoms with van der Waals surface area (Å²) in [6, 6.07) is 29.2. The van der Waals surface area contributed by atoms with E-state index in [1.807, 2.05) is 68.4 Å². The normalized spacial score (nSPS) is 11.8. The predicted octanol–water partition coefficient (Wildman–Crippen LogP) is 6.13. The SMILES string of the molecule is CCCNC(=O)C(Cc1ccccc1)N(Cc1ccc(Br)cc1)C(=O)CN(c1ccccc1OC)S(=O)(=O)c1ccc(C)cc1. The highest BCUT2D eigenvalue weighted by molar-refractivity contribution is 9.10. The van der Waals surface area contributed by atoms with Crippen molar-refractivity contribution >= 4 is 43.5 Å².